The molecule has 2 unspecified atom stereocenters. The molecule has 0 amide bonds. The fourth-order valence-corrected chi connectivity index (χ4v) is 3.92. The molecule has 2 atom stereocenters. The summed E-state index contributed by atoms with van der Waals surface area (Å²) in [5.41, 5.74) is 2.71. The lowest BCUT2D eigenvalue weighted by Gasteiger charge is -2.41. The van der Waals surface area contributed by atoms with Gasteiger partial charge < -0.3 is 5.11 Å². The Hall–Kier alpha value is -1.07. The first kappa shape index (κ1) is 15.8. The third kappa shape index (κ3) is 3.15. The van der Waals surface area contributed by atoms with Crippen molar-refractivity contribution in [3.63, 3.8) is 0 Å². The summed E-state index contributed by atoms with van der Waals surface area (Å²) < 4.78 is 37.9. The first-order chi connectivity index (χ1) is 10.5. The lowest BCUT2D eigenvalue weighted by atomic mass is 9.84. The number of benzene rings is 1. The summed E-state index contributed by atoms with van der Waals surface area (Å²) in [5.74, 6) is -0.657. The highest BCUT2D eigenvalue weighted by atomic mass is 19.4. The second-order valence-electron chi connectivity index (χ2n) is 6.47. The van der Waals surface area contributed by atoms with Crippen molar-refractivity contribution in [3.8, 4) is 0 Å². The Balaban J connectivity index is 1.65. The summed E-state index contributed by atoms with van der Waals surface area (Å²) in [6, 6.07) is 8.72. The van der Waals surface area contributed by atoms with Crippen LogP contribution in [0, 0.1) is 5.92 Å². The largest absolute Gasteiger partial charge is 0.414 e. The highest BCUT2D eigenvalue weighted by Gasteiger charge is 2.44. The molecule has 1 N–H and O–H groups in total. The molecule has 1 fully saturated rings. The number of aliphatic hydroxyl groups is 1. The molecule has 1 aromatic carbocycles. The zero-order valence-corrected chi connectivity index (χ0v) is 12.5. The van der Waals surface area contributed by atoms with Crippen molar-refractivity contribution in [3.05, 3.63) is 35.4 Å². The fourth-order valence-electron chi connectivity index (χ4n) is 3.92. The van der Waals surface area contributed by atoms with Gasteiger partial charge in [-0.2, -0.15) is 13.2 Å². The topological polar surface area (TPSA) is 23.5 Å². The van der Waals surface area contributed by atoms with E-state index in [2.05, 4.69) is 17.0 Å². The Labute approximate surface area is 128 Å². The number of hydrogen-bond donors (Lipinski definition) is 1. The number of hydrogen-bond acceptors (Lipinski definition) is 2. The molecule has 1 aliphatic carbocycles. The van der Waals surface area contributed by atoms with Crippen LogP contribution < -0.4 is 0 Å². The summed E-state index contributed by atoms with van der Waals surface area (Å²) in [5, 5.41) is 9.42. The molecule has 122 valence electrons. The van der Waals surface area contributed by atoms with Crippen LogP contribution in [-0.4, -0.2) is 35.4 Å². The molecule has 0 radical (unpaired) electrons. The van der Waals surface area contributed by atoms with Gasteiger partial charge in [-0.3, -0.25) is 4.90 Å². The van der Waals surface area contributed by atoms with Crippen LogP contribution >= 0.6 is 0 Å². The monoisotopic (exact) mass is 313 g/mol. The molecule has 0 aromatic heterocycles. The SMILES string of the molecule is OC(C1CCN(C2CCCc3ccccc32)CC1)C(F)(F)F. The standard InChI is InChI=1S/C17H22F3NO/c18-17(19,20)16(22)13-8-10-21(11-9-13)15-7-3-5-12-4-1-2-6-14(12)15/h1-2,4,6,13,15-16,22H,3,5,7-11H2. The summed E-state index contributed by atoms with van der Waals surface area (Å²) in [6.07, 6.45) is -2.54. The summed E-state index contributed by atoms with van der Waals surface area (Å²) in [7, 11) is 0. The molecule has 5 heteroatoms. The lowest BCUT2D eigenvalue weighted by Crippen LogP contribution is -2.44. The van der Waals surface area contributed by atoms with Gasteiger partial charge in [-0.1, -0.05) is 24.3 Å². The zero-order valence-electron chi connectivity index (χ0n) is 12.5. The third-order valence-corrected chi connectivity index (χ3v) is 5.13. The smallest absolute Gasteiger partial charge is 0.383 e. The summed E-state index contributed by atoms with van der Waals surface area (Å²) >= 11 is 0. The molecular formula is C17H22F3NO. The van der Waals surface area contributed by atoms with Crippen LogP contribution in [0.4, 0.5) is 13.2 Å². The molecular weight excluding hydrogens is 291 g/mol. The van der Waals surface area contributed by atoms with Gasteiger partial charge in [-0.15, -0.1) is 0 Å². The van der Waals surface area contributed by atoms with Gasteiger partial charge >= 0.3 is 6.18 Å². The average Bonchev–Trinajstić information content (AvgIpc) is 2.53. The van der Waals surface area contributed by atoms with Gasteiger partial charge in [0.2, 0.25) is 0 Å². The third-order valence-electron chi connectivity index (χ3n) is 5.13. The number of likely N-dealkylation sites (tertiary alicyclic amines) is 1. The number of rotatable bonds is 2. The number of piperidine rings is 1. The first-order valence-corrected chi connectivity index (χ1v) is 8.03. The highest BCUT2D eigenvalue weighted by molar-refractivity contribution is 5.32. The van der Waals surface area contributed by atoms with E-state index in [0.717, 1.165) is 19.3 Å². The number of halogens is 3. The van der Waals surface area contributed by atoms with Crippen LogP contribution in [0.1, 0.15) is 42.9 Å². The predicted molar refractivity (Wildman–Crippen MR) is 78.5 cm³/mol. The van der Waals surface area contributed by atoms with Crippen molar-refractivity contribution >= 4 is 0 Å². The number of nitrogens with zero attached hydrogens (tertiary/aromatic N) is 1. The second kappa shape index (κ2) is 6.20. The molecule has 0 saturated carbocycles. The van der Waals surface area contributed by atoms with E-state index < -0.39 is 18.2 Å². The van der Waals surface area contributed by atoms with E-state index in [9.17, 15) is 18.3 Å². The highest BCUT2D eigenvalue weighted by Crippen LogP contribution is 2.38. The molecule has 0 spiro atoms. The fraction of sp³-hybridized carbons (Fsp3) is 0.647. The molecule has 2 nitrogen and oxygen atoms in total. The van der Waals surface area contributed by atoms with Gasteiger partial charge in [-0.25, -0.2) is 0 Å². The Morgan fingerprint density at radius 2 is 1.77 bits per heavy atom. The van der Waals surface area contributed by atoms with Crippen molar-refractivity contribution in [1.82, 2.24) is 4.90 Å². The summed E-state index contributed by atoms with van der Waals surface area (Å²) in [6.45, 7) is 1.27. The predicted octanol–water partition coefficient (Wildman–Crippen LogP) is 3.70. The van der Waals surface area contributed by atoms with Crippen LogP contribution in [0.15, 0.2) is 24.3 Å². The first-order valence-electron chi connectivity index (χ1n) is 8.03. The molecule has 1 saturated heterocycles. The van der Waals surface area contributed by atoms with Gasteiger partial charge in [0.15, 0.2) is 6.10 Å². The molecule has 1 aliphatic heterocycles. The van der Waals surface area contributed by atoms with Gasteiger partial charge in [-0.05, 0) is 62.2 Å². The Morgan fingerprint density at radius 3 is 2.45 bits per heavy atom. The van der Waals surface area contributed by atoms with Crippen LogP contribution in [0.25, 0.3) is 0 Å². The number of alkyl halides is 3. The van der Waals surface area contributed by atoms with Gasteiger partial charge in [0.05, 0.1) is 0 Å². The number of fused-ring (bicyclic) bond motifs is 1. The molecule has 1 aromatic rings. The van der Waals surface area contributed by atoms with Crippen molar-refractivity contribution in [2.75, 3.05) is 13.1 Å². The van der Waals surface area contributed by atoms with E-state index >= 15 is 0 Å². The molecule has 1 heterocycles. The maximum Gasteiger partial charge on any atom is 0.414 e. The van der Waals surface area contributed by atoms with E-state index in [0.29, 0.717) is 32.0 Å². The lowest BCUT2D eigenvalue weighted by molar-refractivity contribution is -0.223. The molecule has 22 heavy (non-hydrogen) atoms. The van der Waals surface area contributed by atoms with E-state index in [-0.39, 0.29) is 0 Å². The van der Waals surface area contributed by atoms with E-state index in [1.165, 1.54) is 11.1 Å². The minimum atomic E-state index is -4.50. The van der Waals surface area contributed by atoms with Crippen LogP contribution in [0.5, 0.6) is 0 Å². The van der Waals surface area contributed by atoms with Crippen molar-refractivity contribution in [1.29, 1.82) is 0 Å². The van der Waals surface area contributed by atoms with Gasteiger partial charge in [0.1, 0.15) is 0 Å². The van der Waals surface area contributed by atoms with E-state index in [1.54, 1.807) is 0 Å². The molecule has 2 aliphatic rings. The van der Waals surface area contributed by atoms with E-state index in [4.69, 9.17) is 0 Å². The van der Waals surface area contributed by atoms with Crippen LogP contribution in [-0.2, 0) is 6.42 Å². The second-order valence-corrected chi connectivity index (χ2v) is 6.47. The minimum absolute atomic E-state index is 0.328. The quantitative estimate of drug-likeness (QED) is 0.900. The number of aliphatic hydroxyl groups excluding tert-OH is 1. The normalized spacial score (nSPS) is 25.7. The Morgan fingerprint density at radius 1 is 1.09 bits per heavy atom. The Bertz CT molecular complexity index is 509. The minimum Gasteiger partial charge on any atom is -0.383 e. The van der Waals surface area contributed by atoms with E-state index in [1.807, 2.05) is 12.1 Å². The Kier molecular flexibility index (Phi) is 4.46. The van der Waals surface area contributed by atoms with Gasteiger partial charge in [0.25, 0.3) is 0 Å². The average molecular weight is 313 g/mol. The molecule has 3 rings (SSSR count). The maximum atomic E-state index is 12.6. The van der Waals surface area contributed by atoms with Crippen LogP contribution in [0.3, 0.4) is 0 Å². The summed E-state index contributed by atoms with van der Waals surface area (Å²) in [4.78, 5) is 2.30. The molecule has 0 bridgehead atoms. The number of aryl methyl sites for hydroxylation is 1. The zero-order chi connectivity index (χ0) is 15.7. The van der Waals surface area contributed by atoms with Gasteiger partial charge in [0, 0.05) is 6.04 Å². The van der Waals surface area contributed by atoms with Crippen molar-refractivity contribution in [2.45, 2.75) is 50.4 Å². The van der Waals surface area contributed by atoms with Crippen molar-refractivity contribution < 1.29 is 18.3 Å². The van der Waals surface area contributed by atoms with Crippen molar-refractivity contribution in [2.24, 2.45) is 5.92 Å². The van der Waals surface area contributed by atoms with Crippen LogP contribution in [0.2, 0.25) is 0 Å². The maximum absolute atomic E-state index is 12.6.